The van der Waals surface area contributed by atoms with Crippen LogP contribution in [0.4, 0.5) is 5.69 Å². The van der Waals surface area contributed by atoms with Gasteiger partial charge in [-0.3, -0.25) is 4.98 Å². The Kier molecular flexibility index (Phi) is 4.45. The van der Waals surface area contributed by atoms with E-state index in [1.165, 1.54) is 0 Å². The Labute approximate surface area is 119 Å². The van der Waals surface area contributed by atoms with Gasteiger partial charge in [0.15, 0.2) is 0 Å². The van der Waals surface area contributed by atoms with Crippen LogP contribution in [0.5, 0.6) is 5.75 Å². The van der Waals surface area contributed by atoms with E-state index in [0.717, 1.165) is 41.9 Å². The molecule has 0 radical (unpaired) electrons. The zero-order chi connectivity index (χ0) is 12.4. The van der Waals surface area contributed by atoms with Gasteiger partial charge in [0.05, 0.1) is 18.8 Å². The van der Waals surface area contributed by atoms with E-state index in [1.54, 1.807) is 13.3 Å². The minimum atomic E-state index is 0. The molecule has 5 heteroatoms. The van der Waals surface area contributed by atoms with Crippen molar-refractivity contribution in [2.75, 3.05) is 25.5 Å². The number of nitrogens with zero attached hydrogens (tertiary/aromatic N) is 1. The number of halogens is 1. The molecular weight excluding hydrogens is 262 g/mol. The maximum absolute atomic E-state index is 5.24. The number of benzene rings is 1. The van der Waals surface area contributed by atoms with Crippen molar-refractivity contribution in [2.45, 2.75) is 12.5 Å². The van der Waals surface area contributed by atoms with Crippen LogP contribution < -0.4 is 15.4 Å². The van der Waals surface area contributed by atoms with E-state index in [2.05, 4.69) is 21.7 Å². The average molecular weight is 280 g/mol. The van der Waals surface area contributed by atoms with E-state index in [9.17, 15) is 0 Å². The van der Waals surface area contributed by atoms with Crippen LogP contribution in [-0.2, 0) is 0 Å². The Bertz CT molecular complexity index is 555. The molecule has 0 unspecified atom stereocenters. The van der Waals surface area contributed by atoms with Gasteiger partial charge < -0.3 is 15.4 Å². The molecule has 2 N–H and O–H groups in total. The number of aromatic nitrogens is 1. The van der Waals surface area contributed by atoms with Crippen molar-refractivity contribution in [3.8, 4) is 5.75 Å². The number of nitrogens with one attached hydrogen (secondary N) is 2. The molecule has 2 aromatic rings. The summed E-state index contributed by atoms with van der Waals surface area (Å²) < 4.78 is 5.24. The fourth-order valence-electron chi connectivity index (χ4n) is 2.37. The quantitative estimate of drug-likeness (QED) is 0.906. The Morgan fingerprint density at radius 1 is 1.42 bits per heavy atom. The van der Waals surface area contributed by atoms with Gasteiger partial charge in [0.2, 0.25) is 0 Å². The van der Waals surface area contributed by atoms with Crippen molar-refractivity contribution >= 4 is 29.0 Å². The van der Waals surface area contributed by atoms with Crippen molar-refractivity contribution in [1.29, 1.82) is 0 Å². The number of anilines is 1. The van der Waals surface area contributed by atoms with E-state index >= 15 is 0 Å². The lowest BCUT2D eigenvalue weighted by molar-refractivity contribution is 0.414. The molecule has 1 atom stereocenters. The second kappa shape index (κ2) is 6.08. The largest absolute Gasteiger partial charge is 0.495 e. The molecule has 0 spiro atoms. The van der Waals surface area contributed by atoms with Crippen LogP contribution in [0.15, 0.2) is 30.5 Å². The fourth-order valence-corrected chi connectivity index (χ4v) is 2.37. The van der Waals surface area contributed by atoms with Gasteiger partial charge in [0.1, 0.15) is 5.75 Å². The Morgan fingerprint density at radius 3 is 3.05 bits per heavy atom. The van der Waals surface area contributed by atoms with Crippen molar-refractivity contribution in [3.63, 3.8) is 0 Å². The molecule has 4 nitrogen and oxygen atoms in total. The number of rotatable bonds is 3. The monoisotopic (exact) mass is 279 g/mol. The highest BCUT2D eigenvalue weighted by atomic mass is 35.5. The molecule has 19 heavy (non-hydrogen) atoms. The second-order valence-corrected chi connectivity index (χ2v) is 4.58. The minimum Gasteiger partial charge on any atom is -0.495 e. The van der Waals surface area contributed by atoms with Gasteiger partial charge >= 0.3 is 0 Å². The highest BCUT2D eigenvalue weighted by Crippen LogP contribution is 2.26. The normalized spacial score (nSPS) is 18.1. The maximum Gasteiger partial charge on any atom is 0.137 e. The third-order valence-electron chi connectivity index (χ3n) is 3.36. The number of pyridine rings is 1. The highest BCUT2D eigenvalue weighted by Gasteiger charge is 2.15. The third kappa shape index (κ3) is 2.91. The van der Waals surface area contributed by atoms with Gasteiger partial charge in [-0.15, -0.1) is 12.4 Å². The topological polar surface area (TPSA) is 46.2 Å². The first-order chi connectivity index (χ1) is 8.86. The molecule has 2 heterocycles. The van der Waals surface area contributed by atoms with Crippen molar-refractivity contribution in [1.82, 2.24) is 10.3 Å². The number of hydrogen-bond acceptors (Lipinski definition) is 4. The summed E-state index contributed by atoms with van der Waals surface area (Å²) in [6, 6.07) is 8.69. The molecule has 0 bridgehead atoms. The van der Waals surface area contributed by atoms with Crippen LogP contribution in [-0.4, -0.2) is 31.2 Å². The van der Waals surface area contributed by atoms with Gasteiger partial charge in [-0.25, -0.2) is 0 Å². The van der Waals surface area contributed by atoms with Crippen LogP contribution in [0.25, 0.3) is 10.9 Å². The fraction of sp³-hybridized carbons (Fsp3) is 0.357. The lowest BCUT2D eigenvalue weighted by atomic mass is 10.1. The Hall–Kier alpha value is -1.52. The van der Waals surface area contributed by atoms with Crippen molar-refractivity contribution in [2.24, 2.45) is 0 Å². The second-order valence-electron chi connectivity index (χ2n) is 4.58. The van der Waals surface area contributed by atoms with Gasteiger partial charge in [-0.05, 0) is 31.2 Å². The number of methoxy groups -OCH3 is 1. The number of hydrogen-bond donors (Lipinski definition) is 2. The molecular formula is C14H18ClN3O. The van der Waals surface area contributed by atoms with Crippen LogP contribution in [0.3, 0.4) is 0 Å². The van der Waals surface area contributed by atoms with Crippen LogP contribution in [0, 0.1) is 0 Å². The van der Waals surface area contributed by atoms with E-state index in [-0.39, 0.29) is 12.4 Å². The molecule has 1 aliphatic heterocycles. The van der Waals surface area contributed by atoms with Crippen molar-refractivity contribution in [3.05, 3.63) is 30.5 Å². The van der Waals surface area contributed by atoms with E-state index in [0.29, 0.717) is 6.04 Å². The molecule has 0 saturated carbocycles. The van der Waals surface area contributed by atoms with Crippen LogP contribution in [0.1, 0.15) is 6.42 Å². The smallest absolute Gasteiger partial charge is 0.137 e. The molecule has 3 rings (SSSR count). The summed E-state index contributed by atoms with van der Waals surface area (Å²) in [5.41, 5.74) is 2.12. The standard InChI is InChI=1S/C14H17N3O.ClH/c1-18-11-7-12-13(16-9-11)3-2-4-14(12)17-10-5-6-15-8-10;/h2-4,7,9-10,15,17H,5-6,8H2,1H3;1H/t10-;/m0./s1. The van der Waals surface area contributed by atoms with E-state index < -0.39 is 0 Å². The zero-order valence-corrected chi connectivity index (χ0v) is 11.7. The van der Waals surface area contributed by atoms with E-state index in [1.807, 2.05) is 18.2 Å². The highest BCUT2D eigenvalue weighted by molar-refractivity contribution is 5.92. The van der Waals surface area contributed by atoms with Gasteiger partial charge in [0.25, 0.3) is 0 Å². The molecule has 0 amide bonds. The van der Waals surface area contributed by atoms with E-state index in [4.69, 9.17) is 4.74 Å². The summed E-state index contributed by atoms with van der Waals surface area (Å²) >= 11 is 0. The summed E-state index contributed by atoms with van der Waals surface area (Å²) in [6.45, 7) is 2.11. The van der Waals surface area contributed by atoms with Gasteiger partial charge in [-0.1, -0.05) is 6.07 Å². The van der Waals surface area contributed by atoms with Crippen LogP contribution >= 0.6 is 12.4 Å². The maximum atomic E-state index is 5.24. The van der Waals surface area contributed by atoms with Gasteiger partial charge in [0, 0.05) is 23.7 Å². The predicted molar refractivity (Wildman–Crippen MR) is 80.4 cm³/mol. The SMILES string of the molecule is COc1cnc2cccc(N[C@H]3CCNC3)c2c1.Cl. The lowest BCUT2D eigenvalue weighted by Gasteiger charge is -2.15. The summed E-state index contributed by atoms with van der Waals surface area (Å²) in [4.78, 5) is 4.41. The average Bonchev–Trinajstić information content (AvgIpc) is 2.91. The van der Waals surface area contributed by atoms with Crippen molar-refractivity contribution < 1.29 is 4.74 Å². The molecule has 1 aromatic heterocycles. The molecule has 1 saturated heterocycles. The molecule has 0 aliphatic carbocycles. The Morgan fingerprint density at radius 2 is 2.32 bits per heavy atom. The number of ether oxygens (including phenoxy) is 1. The molecule has 1 aliphatic rings. The number of fused-ring (bicyclic) bond motifs is 1. The molecule has 1 fully saturated rings. The first kappa shape index (κ1) is 13.9. The zero-order valence-electron chi connectivity index (χ0n) is 10.8. The molecule has 1 aromatic carbocycles. The summed E-state index contributed by atoms with van der Waals surface area (Å²) in [6.07, 6.45) is 2.91. The molecule has 102 valence electrons. The first-order valence-electron chi connectivity index (χ1n) is 6.27. The summed E-state index contributed by atoms with van der Waals surface area (Å²) in [5, 5.41) is 8.05. The van der Waals surface area contributed by atoms with Crippen LogP contribution in [0.2, 0.25) is 0 Å². The predicted octanol–water partition coefficient (Wildman–Crippen LogP) is 2.44. The Balaban J connectivity index is 0.00000133. The lowest BCUT2D eigenvalue weighted by Crippen LogP contribution is -2.22. The summed E-state index contributed by atoms with van der Waals surface area (Å²) in [5.74, 6) is 0.793. The summed E-state index contributed by atoms with van der Waals surface area (Å²) in [7, 11) is 1.67. The minimum absolute atomic E-state index is 0. The first-order valence-corrected chi connectivity index (χ1v) is 6.27. The van der Waals surface area contributed by atoms with Gasteiger partial charge in [-0.2, -0.15) is 0 Å². The third-order valence-corrected chi connectivity index (χ3v) is 3.36.